The number of aromatic nitrogens is 4. The topological polar surface area (TPSA) is 52.7 Å². The Morgan fingerprint density at radius 3 is 1.77 bits per heavy atom. The van der Waals surface area contributed by atoms with Crippen molar-refractivity contribution in [3.05, 3.63) is 37.4 Å². The number of hydrogen-bond donors (Lipinski definition) is 0. The summed E-state index contributed by atoms with van der Waals surface area (Å²) in [7, 11) is 0. The van der Waals surface area contributed by atoms with E-state index in [-0.39, 0.29) is 19.5 Å². The predicted octanol–water partition coefficient (Wildman–Crippen LogP) is 1.24. The molecule has 2 aromatic heterocycles. The largest absolute Gasteiger partial charge is 0.338 e. The highest BCUT2D eigenvalue weighted by molar-refractivity contribution is 7.59. The van der Waals surface area contributed by atoms with E-state index in [1.54, 1.807) is 24.8 Å². The van der Waals surface area contributed by atoms with Gasteiger partial charge < -0.3 is 0 Å². The summed E-state index contributed by atoms with van der Waals surface area (Å²) in [5.41, 5.74) is 0. The van der Waals surface area contributed by atoms with Crippen molar-refractivity contribution in [2.45, 2.75) is 0 Å². The second-order valence-corrected chi connectivity index (χ2v) is 2.22. The van der Waals surface area contributed by atoms with Gasteiger partial charge in [0.2, 0.25) is 0 Å². The van der Waals surface area contributed by atoms with E-state index in [9.17, 15) is 4.79 Å². The first kappa shape index (κ1) is 9.53. The maximum absolute atomic E-state index is 11.4. The van der Waals surface area contributed by atoms with Gasteiger partial charge in [0.15, 0.2) is 0 Å². The van der Waals surface area contributed by atoms with E-state index in [1.807, 2.05) is 0 Å². The van der Waals surface area contributed by atoms with Crippen LogP contribution in [0, 0.1) is 0 Å². The summed E-state index contributed by atoms with van der Waals surface area (Å²) in [5, 5.41) is 0. The average molecular weight is 194 g/mol. The monoisotopic (exact) mass is 194 g/mol. The Kier molecular flexibility index (Phi) is 2.86. The third-order valence-electron chi connectivity index (χ3n) is 1.45. The quantitative estimate of drug-likeness (QED) is 0.634. The molecule has 0 aliphatic rings. The molecule has 2 rings (SSSR count). The van der Waals surface area contributed by atoms with Crippen molar-refractivity contribution in [1.29, 1.82) is 0 Å². The number of carbonyl (C=O) groups excluding carboxylic acids is 1. The van der Waals surface area contributed by atoms with Gasteiger partial charge in [0, 0.05) is 38.3 Å². The number of rotatable bonds is 0. The normalized spacial score (nSPS) is 9.23. The molecule has 5 nitrogen and oxygen atoms in total. The minimum absolute atomic E-state index is 0. The van der Waals surface area contributed by atoms with Crippen LogP contribution in [0.3, 0.4) is 0 Å². The smallest absolute Gasteiger partial charge is 0.257 e. The Morgan fingerprint density at radius 2 is 1.46 bits per heavy atom. The first-order valence-electron chi connectivity index (χ1n) is 3.38. The van der Waals surface area contributed by atoms with Crippen molar-refractivity contribution in [3.63, 3.8) is 0 Å². The van der Waals surface area contributed by atoms with Crippen LogP contribution in [0.2, 0.25) is 0 Å². The second-order valence-electron chi connectivity index (χ2n) is 2.22. The maximum atomic E-state index is 11.4. The van der Waals surface area contributed by atoms with Crippen LogP contribution in [0.4, 0.5) is 4.79 Å². The Morgan fingerprint density at radius 1 is 1.00 bits per heavy atom. The van der Waals surface area contributed by atoms with Crippen LogP contribution in [0.1, 0.15) is 0 Å². The van der Waals surface area contributed by atoms with Crippen LogP contribution >= 0.6 is 13.5 Å². The summed E-state index contributed by atoms with van der Waals surface area (Å²) < 4.78 is 2.75. The van der Waals surface area contributed by atoms with Gasteiger partial charge in [0.05, 0.1) is 0 Å². The number of carbonyl (C=O) groups is 1. The van der Waals surface area contributed by atoms with Crippen LogP contribution in [-0.2, 0) is 0 Å². The molecule has 0 spiro atoms. The Labute approximate surface area is 81.5 Å². The van der Waals surface area contributed by atoms with Crippen molar-refractivity contribution in [2.24, 2.45) is 0 Å². The maximum Gasteiger partial charge on any atom is 0.338 e. The fourth-order valence-corrected chi connectivity index (χ4v) is 0.878. The van der Waals surface area contributed by atoms with E-state index >= 15 is 0 Å². The molecule has 2 radical (unpaired) electrons. The Hall–Kier alpha value is -1.56. The molecule has 0 aliphatic carbocycles. The van der Waals surface area contributed by atoms with E-state index in [0.29, 0.717) is 0 Å². The van der Waals surface area contributed by atoms with Gasteiger partial charge in [-0.15, -0.1) is 0 Å². The molecule has 0 aromatic carbocycles. The van der Waals surface area contributed by atoms with Gasteiger partial charge in [-0.05, 0) is 0 Å². The molecule has 2 heterocycles. The van der Waals surface area contributed by atoms with Crippen LogP contribution < -0.4 is 0 Å². The predicted molar refractivity (Wildman–Crippen MR) is 48.2 cm³/mol. The minimum Gasteiger partial charge on any atom is -0.257 e. The highest BCUT2D eigenvalue weighted by Crippen LogP contribution is 1.91. The molecule has 2 aromatic rings. The Bertz CT molecular complexity index is 331. The third-order valence-corrected chi connectivity index (χ3v) is 1.45. The van der Waals surface area contributed by atoms with Gasteiger partial charge in [-0.3, -0.25) is 9.13 Å². The van der Waals surface area contributed by atoms with Gasteiger partial charge >= 0.3 is 6.03 Å². The average Bonchev–Trinajstić information content (AvgIpc) is 2.77. The standard InChI is InChI=1S/C7H6N4O.S/c12-7(10-3-1-8-5-10)11-4-2-9-6-11;/h1-6H;. The molecular formula is C7H6N4OS. The lowest BCUT2D eigenvalue weighted by Crippen LogP contribution is -2.15. The van der Waals surface area contributed by atoms with Gasteiger partial charge in [-0.2, -0.15) is 0 Å². The molecule has 0 unspecified atom stereocenters. The first-order chi connectivity index (χ1) is 5.88. The number of hydrogen-bond acceptors (Lipinski definition) is 3. The molecule has 6 heteroatoms. The zero-order valence-corrected chi connectivity index (χ0v) is 7.39. The summed E-state index contributed by atoms with van der Waals surface area (Å²) >= 11 is 0. The van der Waals surface area contributed by atoms with Crippen molar-refractivity contribution in [1.82, 2.24) is 19.1 Å². The van der Waals surface area contributed by atoms with E-state index in [1.165, 1.54) is 21.8 Å². The van der Waals surface area contributed by atoms with Gasteiger partial charge in [0.1, 0.15) is 12.7 Å². The molecule has 0 fully saturated rings. The lowest BCUT2D eigenvalue weighted by atomic mass is 10.8. The second kappa shape index (κ2) is 3.90. The van der Waals surface area contributed by atoms with Crippen LogP contribution in [0.25, 0.3) is 0 Å². The van der Waals surface area contributed by atoms with Gasteiger partial charge in [0.25, 0.3) is 0 Å². The van der Waals surface area contributed by atoms with E-state index < -0.39 is 0 Å². The molecule has 0 N–H and O–H groups in total. The zero-order valence-electron chi connectivity index (χ0n) is 6.57. The van der Waals surface area contributed by atoms with Gasteiger partial charge in [-0.25, -0.2) is 14.8 Å². The molecular weight excluding hydrogens is 188 g/mol. The fraction of sp³-hybridized carbons (Fsp3) is 0. The molecule has 0 bridgehead atoms. The molecule has 0 saturated carbocycles. The molecule has 66 valence electrons. The first-order valence-corrected chi connectivity index (χ1v) is 3.38. The van der Waals surface area contributed by atoms with Crippen LogP contribution in [0.5, 0.6) is 0 Å². The van der Waals surface area contributed by atoms with Crippen molar-refractivity contribution in [2.75, 3.05) is 0 Å². The summed E-state index contributed by atoms with van der Waals surface area (Å²) in [6, 6.07) is -0.190. The van der Waals surface area contributed by atoms with Crippen LogP contribution in [-0.4, -0.2) is 25.1 Å². The van der Waals surface area contributed by atoms with Crippen molar-refractivity contribution in [3.8, 4) is 0 Å². The SMILES string of the molecule is O=C(n1ccnc1)n1ccnc1.[S]. The van der Waals surface area contributed by atoms with E-state index in [4.69, 9.17) is 0 Å². The number of nitrogens with zero attached hydrogens (tertiary/aromatic N) is 4. The van der Waals surface area contributed by atoms with E-state index in [2.05, 4.69) is 9.97 Å². The fourth-order valence-electron chi connectivity index (χ4n) is 0.878. The van der Waals surface area contributed by atoms with Gasteiger partial charge in [-0.1, -0.05) is 0 Å². The van der Waals surface area contributed by atoms with Crippen molar-refractivity contribution >= 4 is 19.5 Å². The number of imidazole rings is 2. The highest BCUT2D eigenvalue weighted by atomic mass is 32.1. The third kappa shape index (κ3) is 1.78. The molecule has 0 saturated heterocycles. The van der Waals surface area contributed by atoms with Crippen LogP contribution in [0.15, 0.2) is 37.4 Å². The van der Waals surface area contributed by atoms with Crippen molar-refractivity contribution < 1.29 is 4.79 Å². The lowest BCUT2D eigenvalue weighted by Gasteiger charge is -1.98. The molecule has 0 amide bonds. The summed E-state index contributed by atoms with van der Waals surface area (Å²) in [4.78, 5) is 18.9. The summed E-state index contributed by atoms with van der Waals surface area (Å²) in [6.45, 7) is 0. The van der Waals surface area contributed by atoms with E-state index in [0.717, 1.165) is 0 Å². The lowest BCUT2D eigenvalue weighted by molar-refractivity contribution is 0.244. The highest BCUT2D eigenvalue weighted by Gasteiger charge is 2.03. The molecule has 0 aliphatic heterocycles. The summed E-state index contributed by atoms with van der Waals surface area (Å²) in [5.74, 6) is 0. The minimum atomic E-state index is -0.190. The molecule has 13 heavy (non-hydrogen) atoms. The zero-order chi connectivity index (χ0) is 8.39. The Balaban J connectivity index is 0.000000845. The molecule has 0 atom stereocenters. The summed E-state index contributed by atoms with van der Waals surface area (Å²) in [6.07, 6.45) is 9.17.